The van der Waals surface area contributed by atoms with Crippen molar-refractivity contribution in [3.05, 3.63) is 92.3 Å². The molecule has 35 heavy (non-hydrogen) atoms. The number of carbonyl (C=O) groups excluding carboxylic acids is 1. The number of rotatable bonds is 7. The number of ether oxygens (including phenoxy) is 1. The van der Waals surface area contributed by atoms with Gasteiger partial charge in [0.25, 0.3) is 5.56 Å². The molecule has 180 valence electrons. The summed E-state index contributed by atoms with van der Waals surface area (Å²) in [5.41, 5.74) is 1.59. The van der Waals surface area contributed by atoms with Crippen LogP contribution in [0, 0.1) is 6.92 Å². The molecule has 0 bridgehead atoms. The summed E-state index contributed by atoms with van der Waals surface area (Å²) < 4.78 is 5.99. The molecule has 0 fully saturated rings. The third kappa shape index (κ3) is 4.65. The number of H-pyrrole nitrogens is 2. The van der Waals surface area contributed by atoms with Crippen molar-refractivity contribution in [2.75, 3.05) is 7.11 Å². The summed E-state index contributed by atoms with van der Waals surface area (Å²) in [5.74, 6) is -1.12. The lowest BCUT2D eigenvalue weighted by Crippen LogP contribution is -2.34. The Kier molecular flexibility index (Phi) is 6.68. The highest BCUT2D eigenvalue weighted by Gasteiger charge is 2.25. The van der Waals surface area contributed by atoms with Crippen molar-refractivity contribution in [2.24, 2.45) is 4.99 Å². The van der Waals surface area contributed by atoms with Gasteiger partial charge in [-0.2, -0.15) is 0 Å². The number of para-hydroxylation sites is 1. The number of aryl methyl sites for hydroxylation is 1. The van der Waals surface area contributed by atoms with Gasteiger partial charge in [0.15, 0.2) is 6.04 Å². The van der Waals surface area contributed by atoms with Gasteiger partial charge in [0.1, 0.15) is 5.56 Å². The van der Waals surface area contributed by atoms with Crippen molar-refractivity contribution in [1.29, 1.82) is 0 Å². The largest absolute Gasteiger partial charge is 0.493 e. The Morgan fingerprint density at radius 2 is 1.86 bits per heavy atom. The van der Waals surface area contributed by atoms with Crippen LogP contribution in [0.3, 0.4) is 0 Å². The first-order valence-corrected chi connectivity index (χ1v) is 11.2. The van der Waals surface area contributed by atoms with Crippen LogP contribution in [0.15, 0.2) is 69.3 Å². The molecule has 0 saturated carbocycles. The molecule has 9 nitrogen and oxygen atoms in total. The van der Waals surface area contributed by atoms with Gasteiger partial charge in [-0.25, -0.2) is 14.2 Å². The molecule has 4 rings (SSSR count). The number of nitrogens with one attached hydrogen (secondary N) is 2. The number of methoxy groups -OCH3 is 1. The van der Waals surface area contributed by atoms with Crippen molar-refractivity contribution < 1.29 is 14.6 Å². The minimum atomic E-state index is -0.965. The zero-order valence-corrected chi connectivity index (χ0v) is 19.7. The minimum absolute atomic E-state index is 0.166. The standard InChI is InChI=1S/C26H26N4O5/c1-4-19(22-23(31)29-26(34)30(24(22)32)17-11-9-15(2)10-12-17)28-21(25(33)35-3)13-16-14-27-20-8-6-5-7-18(16)20/h5-12,14,21,27,32H,4,13H2,1-3H3,(H,29,31,34). The van der Waals surface area contributed by atoms with Crippen molar-refractivity contribution in [3.63, 3.8) is 0 Å². The number of aromatic amines is 2. The van der Waals surface area contributed by atoms with Crippen molar-refractivity contribution >= 4 is 22.6 Å². The summed E-state index contributed by atoms with van der Waals surface area (Å²) in [6.07, 6.45) is 2.25. The van der Waals surface area contributed by atoms with Crippen LogP contribution >= 0.6 is 0 Å². The predicted octanol–water partition coefficient (Wildman–Crippen LogP) is 3.00. The van der Waals surface area contributed by atoms with Crippen LogP contribution in [-0.4, -0.2) is 44.5 Å². The molecule has 2 heterocycles. The molecule has 0 radical (unpaired) electrons. The maximum Gasteiger partial charge on any atom is 0.335 e. The quantitative estimate of drug-likeness (QED) is 0.280. The van der Waals surface area contributed by atoms with E-state index in [-0.39, 0.29) is 24.1 Å². The zero-order valence-electron chi connectivity index (χ0n) is 19.7. The number of aromatic hydroxyl groups is 1. The second-order valence-electron chi connectivity index (χ2n) is 8.16. The zero-order chi connectivity index (χ0) is 25.1. The summed E-state index contributed by atoms with van der Waals surface area (Å²) in [4.78, 5) is 48.0. The number of esters is 1. The lowest BCUT2D eigenvalue weighted by Gasteiger charge is -2.15. The number of hydrogen-bond acceptors (Lipinski definition) is 6. The summed E-state index contributed by atoms with van der Waals surface area (Å²) in [7, 11) is 1.27. The Morgan fingerprint density at radius 1 is 1.14 bits per heavy atom. The average Bonchev–Trinajstić information content (AvgIpc) is 3.26. The highest BCUT2D eigenvalue weighted by atomic mass is 16.5. The molecule has 1 atom stereocenters. The summed E-state index contributed by atoms with van der Waals surface area (Å²) >= 11 is 0. The Morgan fingerprint density at radius 3 is 2.54 bits per heavy atom. The molecule has 0 aliphatic carbocycles. The number of carbonyl (C=O) groups is 1. The van der Waals surface area contributed by atoms with E-state index in [1.165, 1.54) is 7.11 Å². The van der Waals surface area contributed by atoms with E-state index in [0.717, 1.165) is 26.6 Å². The maximum atomic E-state index is 12.8. The fraction of sp³-hybridized carbons (Fsp3) is 0.231. The third-order valence-corrected chi connectivity index (χ3v) is 5.87. The van der Waals surface area contributed by atoms with E-state index in [1.807, 2.05) is 37.4 Å². The Labute approximate surface area is 200 Å². The lowest BCUT2D eigenvalue weighted by molar-refractivity contribution is -0.142. The number of aromatic nitrogens is 3. The van der Waals surface area contributed by atoms with Gasteiger partial charge in [0, 0.05) is 23.5 Å². The van der Waals surface area contributed by atoms with E-state index in [9.17, 15) is 19.5 Å². The number of hydrogen-bond donors (Lipinski definition) is 3. The molecule has 0 amide bonds. The fourth-order valence-corrected chi connectivity index (χ4v) is 4.07. The monoisotopic (exact) mass is 474 g/mol. The van der Waals surface area contributed by atoms with Crippen LogP contribution in [0.5, 0.6) is 5.88 Å². The van der Waals surface area contributed by atoms with Gasteiger partial charge < -0.3 is 14.8 Å². The molecule has 2 aromatic carbocycles. The van der Waals surface area contributed by atoms with Crippen LogP contribution < -0.4 is 11.2 Å². The van der Waals surface area contributed by atoms with Gasteiger partial charge in [-0.1, -0.05) is 42.8 Å². The van der Waals surface area contributed by atoms with Crippen molar-refractivity contribution in [3.8, 4) is 11.6 Å². The van der Waals surface area contributed by atoms with Gasteiger partial charge in [-0.3, -0.25) is 14.8 Å². The molecule has 9 heteroatoms. The van der Waals surface area contributed by atoms with Crippen molar-refractivity contribution in [1.82, 2.24) is 14.5 Å². The maximum absolute atomic E-state index is 12.8. The smallest absolute Gasteiger partial charge is 0.335 e. The van der Waals surface area contributed by atoms with Gasteiger partial charge in [-0.15, -0.1) is 0 Å². The van der Waals surface area contributed by atoms with Gasteiger partial charge >= 0.3 is 11.7 Å². The first kappa shape index (κ1) is 23.7. The second-order valence-corrected chi connectivity index (χ2v) is 8.16. The topological polar surface area (TPSA) is 130 Å². The van der Waals surface area contributed by atoms with E-state index < -0.39 is 29.1 Å². The first-order valence-electron chi connectivity index (χ1n) is 11.2. The van der Waals surface area contributed by atoms with E-state index in [1.54, 1.807) is 31.2 Å². The molecule has 0 aliphatic heterocycles. The fourth-order valence-electron chi connectivity index (χ4n) is 4.07. The van der Waals surface area contributed by atoms with Crippen LogP contribution in [0.2, 0.25) is 0 Å². The van der Waals surface area contributed by atoms with Crippen LogP contribution in [-0.2, 0) is 16.0 Å². The van der Waals surface area contributed by atoms with Crippen LogP contribution in [0.4, 0.5) is 0 Å². The number of nitrogens with zero attached hydrogens (tertiary/aromatic N) is 2. The molecule has 2 aromatic heterocycles. The lowest BCUT2D eigenvalue weighted by atomic mass is 10.0. The summed E-state index contributed by atoms with van der Waals surface area (Å²) in [6.45, 7) is 3.65. The van der Waals surface area contributed by atoms with E-state index in [2.05, 4.69) is 15.0 Å². The molecular formula is C26H26N4O5. The molecule has 0 spiro atoms. The Hall–Kier alpha value is -4.40. The Bertz CT molecular complexity index is 1530. The normalized spacial score (nSPS) is 12.6. The number of aliphatic imine (C=N–C) groups is 1. The first-order chi connectivity index (χ1) is 16.8. The van der Waals surface area contributed by atoms with Gasteiger partial charge in [-0.05, 0) is 37.1 Å². The average molecular weight is 475 g/mol. The molecule has 0 aliphatic rings. The number of benzene rings is 2. The summed E-state index contributed by atoms with van der Waals surface area (Å²) in [6, 6.07) is 13.6. The molecule has 3 N–H and O–H groups in total. The van der Waals surface area contributed by atoms with E-state index in [0.29, 0.717) is 5.69 Å². The molecule has 0 saturated heterocycles. The second kappa shape index (κ2) is 9.84. The molecule has 4 aromatic rings. The highest BCUT2D eigenvalue weighted by Crippen LogP contribution is 2.22. The van der Waals surface area contributed by atoms with Crippen LogP contribution in [0.1, 0.15) is 30.0 Å². The van der Waals surface area contributed by atoms with Gasteiger partial charge in [0.2, 0.25) is 5.88 Å². The van der Waals surface area contributed by atoms with Gasteiger partial charge in [0.05, 0.1) is 18.5 Å². The molecule has 1 unspecified atom stereocenters. The minimum Gasteiger partial charge on any atom is -0.493 e. The summed E-state index contributed by atoms with van der Waals surface area (Å²) in [5, 5.41) is 12.0. The van der Waals surface area contributed by atoms with E-state index in [4.69, 9.17) is 4.74 Å². The van der Waals surface area contributed by atoms with Crippen molar-refractivity contribution in [2.45, 2.75) is 32.7 Å². The SMILES string of the molecule is CCC(=NC(Cc1c[nH]c2ccccc12)C(=O)OC)c1c(O)n(-c2ccc(C)cc2)c(=O)[nH]c1=O. The third-order valence-electron chi connectivity index (χ3n) is 5.87. The molecular weight excluding hydrogens is 448 g/mol. The predicted molar refractivity (Wildman–Crippen MR) is 134 cm³/mol. The Balaban J connectivity index is 1.82. The van der Waals surface area contributed by atoms with E-state index >= 15 is 0 Å². The van der Waals surface area contributed by atoms with Crippen LogP contribution in [0.25, 0.3) is 16.6 Å². The number of fused-ring (bicyclic) bond motifs is 1. The highest BCUT2D eigenvalue weighted by molar-refractivity contribution is 6.03.